The summed E-state index contributed by atoms with van der Waals surface area (Å²) in [6.07, 6.45) is 1.82. The van der Waals surface area contributed by atoms with Crippen molar-refractivity contribution in [3.8, 4) is 5.75 Å². The van der Waals surface area contributed by atoms with E-state index in [0.29, 0.717) is 12.1 Å². The molecular formula is C15H19NO4. The highest BCUT2D eigenvalue weighted by Gasteiger charge is 2.19. The Balaban J connectivity index is 2.82. The average molecular weight is 277 g/mol. The van der Waals surface area contributed by atoms with Crippen LogP contribution >= 0.6 is 0 Å². The number of carbonyl (C=O) groups excluding carboxylic acids is 2. The Bertz CT molecular complexity index is 505. The Morgan fingerprint density at radius 3 is 2.40 bits per heavy atom. The van der Waals surface area contributed by atoms with Crippen LogP contribution in [0.15, 0.2) is 36.0 Å². The molecule has 0 aliphatic heterocycles. The predicted molar refractivity (Wildman–Crippen MR) is 75.2 cm³/mol. The van der Waals surface area contributed by atoms with Crippen LogP contribution in [0.2, 0.25) is 0 Å². The smallest absolute Gasteiger partial charge is 0.328 e. The average Bonchev–Trinajstić information content (AvgIpc) is 2.38. The van der Waals surface area contributed by atoms with Crippen LogP contribution < -0.4 is 5.32 Å². The number of aromatic hydroxyl groups is 1. The van der Waals surface area contributed by atoms with Crippen LogP contribution in [-0.2, 0) is 20.7 Å². The van der Waals surface area contributed by atoms with E-state index < -0.39 is 12.0 Å². The van der Waals surface area contributed by atoms with Gasteiger partial charge in [-0.2, -0.15) is 0 Å². The van der Waals surface area contributed by atoms with Crippen LogP contribution in [0.5, 0.6) is 5.75 Å². The molecule has 0 radical (unpaired) electrons. The maximum Gasteiger partial charge on any atom is 0.328 e. The van der Waals surface area contributed by atoms with Gasteiger partial charge in [-0.25, -0.2) is 4.79 Å². The van der Waals surface area contributed by atoms with Gasteiger partial charge in [0.2, 0.25) is 0 Å². The van der Waals surface area contributed by atoms with E-state index in [2.05, 4.69) is 5.32 Å². The van der Waals surface area contributed by atoms with Crippen LogP contribution in [0.3, 0.4) is 0 Å². The summed E-state index contributed by atoms with van der Waals surface area (Å²) in [5.74, 6) is -0.332. The molecule has 1 unspecified atom stereocenters. The Kier molecular flexibility index (Phi) is 5.77. The molecule has 0 heterocycles. The fourth-order valence-electron chi connectivity index (χ4n) is 1.82. The van der Waals surface area contributed by atoms with Crippen molar-refractivity contribution in [1.82, 2.24) is 5.32 Å². The molecular weight excluding hydrogens is 258 g/mol. The fraction of sp³-hybridized carbons (Fsp3) is 0.333. The van der Waals surface area contributed by atoms with Crippen LogP contribution in [0.1, 0.15) is 19.4 Å². The van der Waals surface area contributed by atoms with E-state index in [4.69, 9.17) is 4.74 Å². The Labute approximate surface area is 118 Å². The minimum absolute atomic E-state index is 0.0942. The summed E-state index contributed by atoms with van der Waals surface area (Å²) in [6.45, 7) is 3.16. The molecule has 0 aliphatic carbocycles. The Morgan fingerprint density at radius 1 is 1.30 bits per heavy atom. The van der Waals surface area contributed by atoms with Crippen molar-refractivity contribution >= 4 is 11.8 Å². The summed E-state index contributed by atoms with van der Waals surface area (Å²) in [5.41, 5.74) is 1.48. The van der Waals surface area contributed by atoms with Crippen molar-refractivity contribution in [1.29, 1.82) is 0 Å². The lowest BCUT2D eigenvalue weighted by atomic mass is 10.1. The van der Waals surface area contributed by atoms with Gasteiger partial charge < -0.3 is 15.2 Å². The molecule has 1 aromatic carbocycles. The van der Waals surface area contributed by atoms with Crippen LogP contribution in [0.4, 0.5) is 0 Å². The molecule has 5 heteroatoms. The van der Waals surface area contributed by atoms with E-state index in [9.17, 15) is 14.7 Å². The number of ether oxygens (including phenoxy) is 1. The summed E-state index contributed by atoms with van der Waals surface area (Å²) < 4.78 is 4.75. The van der Waals surface area contributed by atoms with Crippen molar-refractivity contribution < 1.29 is 19.4 Å². The number of phenols is 1. The molecule has 1 rings (SSSR count). The summed E-state index contributed by atoms with van der Waals surface area (Å²) in [7, 11) is 1.32. The number of ketones is 1. The summed E-state index contributed by atoms with van der Waals surface area (Å²) in [6, 6.07) is 6.00. The first-order chi connectivity index (χ1) is 9.42. The number of nitrogens with one attached hydrogen (secondary N) is 1. The van der Waals surface area contributed by atoms with Gasteiger partial charge in [0.15, 0.2) is 5.78 Å². The van der Waals surface area contributed by atoms with E-state index in [1.165, 1.54) is 20.1 Å². The number of rotatable bonds is 6. The molecule has 5 nitrogen and oxygen atoms in total. The zero-order valence-corrected chi connectivity index (χ0v) is 11.8. The topological polar surface area (TPSA) is 75.6 Å². The molecule has 0 saturated carbocycles. The zero-order valence-electron chi connectivity index (χ0n) is 11.8. The minimum atomic E-state index is -0.583. The highest BCUT2D eigenvalue weighted by molar-refractivity contribution is 5.88. The number of hydrogen-bond donors (Lipinski definition) is 2. The highest BCUT2D eigenvalue weighted by Crippen LogP contribution is 2.12. The van der Waals surface area contributed by atoms with Crippen molar-refractivity contribution in [2.45, 2.75) is 26.3 Å². The normalized spacial score (nSPS) is 12.7. The van der Waals surface area contributed by atoms with E-state index in [-0.39, 0.29) is 11.5 Å². The molecule has 0 fully saturated rings. The Hall–Kier alpha value is -2.30. The largest absolute Gasteiger partial charge is 0.508 e. The number of phenolic OH excluding ortho intramolecular Hbond substituents is 1. The maximum absolute atomic E-state index is 11.8. The number of hydrogen-bond acceptors (Lipinski definition) is 5. The quantitative estimate of drug-likeness (QED) is 0.609. The molecule has 2 N–H and O–H groups in total. The summed E-state index contributed by atoms with van der Waals surface area (Å²) >= 11 is 0. The van der Waals surface area contributed by atoms with Gasteiger partial charge in [0, 0.05) is 12.1 Å². The van der Waals surface area contributed by atoms with Crippen molar-refractivity contribution in [2.24, 2.45) is 0 Å². The number of carbonyl (C=O) groups is 2. The van der Waals surface area contributed by atoms with E-state index >= 15 is 0 Å². The van der Waals surface area contributed by atoms with Crippen molar-refractivity contribution in [2.75, 3.05) is 7.11 Å². The van der Waals surface area contributed by atoms with Gasteiger partial charge in [-0.15, -0.1) is 0 Å². The number of benzene rings is 1. The van der Waals surface area contributed by atoms with Gasteiger partial charge >= 0.3 is 5.97 Å². The lowest BCUT2D eigenvalue weighted by molar-refractivity contribution is -0.142. The first-order valence-electron chi connectivity index (χ1n) is 6.23. The lowest BCUT2D eigenvalue weighted by Gasteiger charge is -2.18. The summed E-state index contributed by atoms with van der Waals surface area (Å²) in [4.78, 5) is 22.8. The minimum Gasteiger partial charge on any atom is -0.508 e. The molecule has 1 atom stereocenters. The molecule has 0 aromatic heterocycles. The highest BCUT2D eigenvalue weighted by atomic mass is 16.5. The van der Waals surface area contributed by atoms with Gasteiger partial charge in [-0.05, 0) is 37.6 Å². The van der Waals surface area contributed by atoms with E-state index in [0.717, 1.165) is 5.56 Å². The first-order valence-corrected chi connectivity index (χ1v) is 6.23. The predicted octanol–water partition coefficient (Wildman–Crippen LogP) is 1.56. The molecule has 0 amide bonds. The van der Waals surface area contributed by atoms with E-state index in [1.54, 1.807) is 31.2 Å². The third kappa shape index (κ3) is 5.14. The molecule has 0 spiro atoms. The van der Waals surface area contributed by atoms with Crippen LogP contribution in [0.25, 0.3) is 0 Å². The van der Waals surface area contributed by atoms with Gasteiger partial charge in [0.25, 0.3) is 0 Å². The maximum atomic E-state index is 11.8. The second kappa shape index (κ2) is 7.33. The molecule has 0 bridgehead atoms. The lowest BCUT2D eigenvalue weighted by Crippen LogP contribution is -2.38. The standard InChI is InChI=1S/C15H19NO4/c1-10(8-11(2)17)16-14(15(19)20-3)9-12-4-6-13(18)7-5-12/h4-8,14,16,18H,9H2,1-3H3/b10-8+. The van der Waals surface area contributed by atoms with Crippen LogP contribution in [0, 0.1) is 0 Å². The monoisotopic (exact) mass is 277 g/mol. The number of allylic oxidation sites excluding steroid dienone is 2. The van der Waals surface area contributed by atoms with Crippen LogP contribution in [-0.4, -0.2) is 30.0 Å². The fourth-order valence-corrected chi connectivity index (χ4v) is 1.82. The zero-order chi connectivity index (χ0) is 15.1. The SMILES string of the molecule is COC(=O)C(Cc1ccc(O)cc1)N/C(C)=C/C(C)=O. The Morgan fingerprint density at radius 2 is 1.90 bits per heavy atom. The molecule has 20 heavy (non-hydrogen) atoms. The van der Waals surface area contributed by atoms with E-state index in [1.807, 2.05) is 0 Å². The molecule has 108 valence electrons. The second-order valence-electron chi connectivity index (χ2n) is 4.53. The number of esters is 1. The van der Waals surface area contributed by atoms with Crippen molar-refractivity contribution in [3.05, 3.63) is 41.6 Å². The second-order valence-corrected chi connectivity index (χ2v) is 4.53. The van der Waals surface area contributed by atoms with Gasteiger partial charge in [-0.1, -0.05) is 12.1 Å². The summed E-state index contributed by atoms with van der Waals surface area (Å²) in [5, 5.41) is 12.2. The third-order valence-corrected chi connectivity index (χ3v) is 2.68. The van der Waals surface area contributed by atoms with Gasteiger partial charge in [0.05, 0.1) is 7.11 Å². The van der Waals surface area contributed by atoms with Crippen molar-refractivity contribution in [3.63, 3.8) is 0 Å². The first kappa shape index (κ1) is 15.8. The van der Waals surface area contributed by atoms with Gasteiger partial charge in [0.1, 0.15) is 11.8 Å². The van der Waals surface area contributed by atoms with Gasteiger partial charge in [-0.3, -0.25) is 4.79 Å². The molecule has 0 saturated heterocycles. The third-order valence-electron chi connectivity index (χ3n) is 2.68. The molecule has 1 aromatic rings. The molecule has 0 aliphatic rings. The number of methoxy groups -OCH3 is 1.